The lowest BCUT2D eigenvalue weighted by molar-refractivity contribution is 0.0948. The predicted octanol–water partition coefficient (Wildman–Crippen LogP) is 1.36. The first-order chi connectivity index (χ1) is 16.9. The fourth-order valence-corrected chi connectivity index (χ4v) is 3.95. The number of rotatable bonds is 6. The molecule has 0 saturated carbocycles. The van der Waals surface area contributed by atoms with Gasteiger partial charge in [-0.25, -0.2) is 10.1 Å². The first-order valence-electron chi connectivity index (χ1n) is 10.6. The van der Waals surface area contributed by atoms with E-state index in [1.54, 1.807) is 6.92 Å². The van der Waals surface area contributed by atoms with E-state index in [1.165, 1.54) is 28.4 Å². The number of fused-ring (bicyclic) bond motifs is 1. The molecule has 1 amide bonds. The quantitative estimate of drug-likeness (QED) is 0.235. The highest BCUT2D eigenvalue weighted by molar-refractivity contribution is 6.02. The van der Waals surface area contributed by atoms with Crippen molar-refractivity contribution in [2.45, 2.75) is 19.9 Å². The van der Waals surface area contributed by atoms with Gasteiger partial charge in [-0.1, -0.05) is 23.4 Å². The number of aromatic nitrogens is 5. The highest BCUT2D eigenvalue weighted by Crippen LogP contribution is 2.30. The van der Waals surface area contributed by atoms with E-state index in [2.05, 4.69) is 42.1 Å². The number of nitrogen functional groups attached to an aromatic ring is 1. The zero-order valence-corrected chi connectivity index (χ0v) is 18.6. The van der Waals surface area contributed by atoms with Crippen LogP contribution in [0, 0.1) is 0 Å². The van der Waals surface area contributed by atoms with Gasteiger partial charge in [-0.3, -0.25) is 4.79 Å². The molecule has 4 aromatic rings. The maximum absolute atomic E-state index is 13.1. The van der Waals surface area contributed by atoms with Crippen LogP contribution in [0.5, 0.6) is 11.5 Å². The van der Waals surface area contributed by atoms with Gasteiger partial charge in [0, 0.05) is 23.9 Å². The van der Waals surface area contributed by atoms with Crippen molar-refractivity contribution < 1.29 is 19.6 Å². The molecule has 13 heteroatoms. The number of amides is 1. The Kier molecular flexibility index (Phi) is 5.49. The van der Waals surface area contributed by atoms with Crippen LogP contribution in [0.15, 0.2) is 52.2 Å². The van der Waals surface area contributed by atoms with Gasteiger partial charge in [0.1, 0.15) is 11.5 Å². The number of phenols is 2. The van der Waals surface area contributed by atoms with E-state index in [9.17, 15) is 15.0 Å². The van der Waals surface area contributed by atoms with Crippen LogP contribution in [-0.2, 0) is 13.0 Å². The monoisotopic (exact) mass is 475 g/mol. The Balaban J connectivity index is 1.46. The molecule has 1 aliphatic rings. The van der Waals surface area contributed by atoms with E-state index < -0.39 is 5.91 Å². The minimum Gasteiger partial charge on any atom is -0.508 e. The van der Waals surface area contributed by atoms with Gasteiger partial charge < -0.3 is 20.8 Å². The Morgan fingerprint density at radius 2 is 2.06 bits per heavy atom. The molecule has 0 bridgehead atoms. The molecule has 13 nitrogen and oxygen atoms in total. The van der Waals surface area contributed by atoms with Gasteiger partial charge in [-0.2, -0.15) is 9.78 Å². The Hall–Kier alpha value is -4.94. The molecule has 5 N–H and O–H groups in total. The van der Waals surface area contributed by atoms with Crippen LogP contribution in [0.25, 0.3) is 5.82 Å². The van der Waals surface area contributed by atoms with E-state index in [-0.39, 0.29) is 28.8 Å². The van der Waals surface area contributed by atoms with Crippen molar-refractivity contribution in [3.05, 3.63) is 65.0 Å². The second-order valence-electron chi connectivity index (χ2n) is 7.91. The molecule has 0 aliphatic carbocycles. The normalized spacial score (nSPS) is 13.2. The van der Waals surface area contributed by atoms with Crippen LogP contribution in [0.2, 0.25) is 0 Å². The molecule has 0 unspecified atom stereocenters. The van der Waals surface area contributed by atoms with Crippen molar-refractivity contribution in [3.63, 3.8) is 0 Å². The van der Waals surface area contributed by atoms with Crippen molar-refractivity contribution in [2.75, 3.05) is 17.2 Å². The maximum atomic E-state index is 13.1. The number of carbonyl (C=O) groups excluding carboxylic acids is 1. The molecule has 3 heterocycles. The van der Waals surface area contributed by atoms with Gasteiger partial charge in [-0.05, 0) is 47.4 Å². The Morgan fingerprint density at radius 3 is 2.83 bits per heavy atom. The molecule has 0 atom stereocenters. The first kappa shape index (κ1) is 21.9. The molecule has 5 rings (SSSR count). The van der Waals surface area contributed by atoms with E-state index in [0.29, 0.717) is 23.5 Å². The number of anilines is 2. The molecular weight excluding hydrogens is 454 g/mol. The molecule has 178 valence electrons. The van der Waals surface area contributed by atoms with Crippen LogP contribution in [0.1, 0.15) is 34.2 Å². The van der Waals surface area contributed by atoms with Crippen LogP contribution >= 0.6 is 0 Å². The van der Waals surface area contributed by atoms with Crippen molar-refractivity contribution in [1.29, 1.82) is 0 Å². The molecule has 0 spiro atoms. The number of nitrogens with one attached hydrogen (secondary N) is 1. The number of hydrogen-bond donors (Lipinski definition) is 4. The van der Waals surface area contributed by atoms with Gasteiger partial charge in [0.05, 0.1) is 18.0 Å². The first-order valence-corrected chi connectivity index (χ1v) is 10.6. The van der Waals surface area contributed by atoms with Crippen molar-refractivity contribution in [1.82, 2.24) is 30.7 Å². The fraction of sp³-hybridized carbons (Fsp3) is 0.182. The second-order valence-corrected chi connectivity index (χ2v) is 7.91. The zero-order chi connectivity index (χ0) is 24.5. The third kappa shape index (κ3) is 4.10. The summed E-state index contributed by atoms with van der Waals surface area (Å²) < 4.78 is 6.03. The lowest BCUT2D eigenvalue weighted by Gasteiger charge is -2.19. The summed E-state index contributed by atoms with van der Waals surface area (Å²) >= 11 is 0. The van der Waals surface area contributed by atoms with Crippen LogP contribution in [0.4, 0.5) is 11.5 Å². The number of hydrogen-bond acceptors (Lipinski definition) is 11. The second kappa shape index (κ2) is 8.78. The van der Waals surface area contributed by atoms with Gasteiger partial charge in [0.15, 0.2) is 5.69 Å². The molecule has 0 fully saturated rings. The smallest absolute Gasteiger partial charge is 0.293 e. The summed E-state index contributed by atoms with van der Waals surface area (Å²) in [6, 6.07) is 12.1. The summed E-state index contributed by atoms with van der Waals surface area (Å²) in [5.41, 5.74) is 11.7. The third-order valence-electron chi connectivity index (χ3n) is 5.69. The minimum absolute atomic E-state index is 0.00148. The number of phenolic OH excluding ortho intramolecular Hbond substituents is 2. The molecule has 0 radical (unpaired) electrons. The van der Waals surface area contributed by atoms with Gasteiger partial charge in [-0.15, -0.1) is 5.10 Å². The third-order valence-corrected chi connectivity index (χ3v) is 5.69. The lowest BCUT2D eigenvalue weighted by Crippen LogP contribution is -2.26. The maximum Gasteiger partial charge on any atom is 0.293 e. The Labute approximate surface area is 198 Å². The van der Waals surface area contributed by atoms with E-state index >= 15 is 0 Å². The highest BCUT2D eigenvalue weighted by Gasteiger charge is 2.28. The number of carbonyl (C=O) groups is 1. The minimum atomic E-state index is -0.619. The average Bonchev–Trinajstić information content (AvgIpc) is 3.56. The molecule has 2 aromatic carbocycles. The van der Waals surface area contributed by atoms with Crippen molar-refractivity contribution in [2.24, 2.45) is 5.10 Å². The molecule has 1 aliphatic heterocycles. The Bertz CT molecular complexity index is 1440. The number of para-hydroxylation sites is 1. The number of aromatic hydroxyl groups is 2. The average molecular weight is 475 g/mol. The summed E-state index contributed by atoms with van der Waals surface area (Å²) in [5, 5.41) is 39.1. The van der Waals surface area contributed by atoms with E-state index in [1.807, 2.05) is 18.2 Å². The fourth-order valence-electron chi connectivity index (χ4n) is 3.95. The van der Waals surface area contributed by atoms with Gasteiger partial charge in [0.2, 0.25) is 11.6 Å². The SMILES string of the molecule is C/C(=N/NC(=O)c1nnn(-c2nonc2N)c1CN1CCc2ccccc21)c1ccc(O)cc1O. The summed E-state index contributed by atoms with van der Waals surface area (Å²) in [6.45, 7) is 2.64. The number of hydrazone groups is 1. The molecule has 0 saturated heterocycles. The van der Waals surface area contributed by atoms with Gasteiger partial charge >= 0.3 is 0 Å². The standard InChI is InChI=1S/C22H21N9O4/c1-12(15-7-6-14(32)10-18(15)33)24-26-22(34)19-17(31(29-25-19)21-20(23)27-35-28-21)11-30-9-8-13-4-2-3-5-16(13)30/h2-7,10,32-33H,8-9,11H2,1H3,(H2,23,27)(H,26,34)/b24-12-. The topological polar surface area (TPSA) is 181 Å². The van der Waals surface area contributed by atoms with Crippen molar-refractivity contribution in [3.8, 4) is 17.3 Å². The molecule has 2 aromatic heterocycles. The summed E-state index contributed by atoms with van der Waals surface area (Å²) in [7, 11) is 0. The number of benzene rings is 2. The summed E-state index contributed by atoms with van der Waals surface area (Å²) in [6.07, 6.45) is 0.868. The van der Waals surface area contributed by atoms with E-state index in [4.69, 9.17) is 10.4 Å². The van der Waals surface area contributed by atoms with Crippen LogP contribution in [0.3, 0.4) is 0 Å². The predicted molar refractivity (Wildman–Crippen MR) is 124 cm³/mol. The largest absolute Gasteiger partial charge is 0.508 e. The summed E-state index contributed by atoms with van der Waals surface area (Å²) in [5.74, 6) is -0.760. The molecule has 35 heavy (non-hydrogen) atoms. The van der Waals surface area contributed by atoms with Crippen LogP contribution < -0.4 is 16.1 Å². The Morgan fingerprint density at radius 1 is 1.23 bits per heavy atom. The number of nitrogens with zero attached hydrogens (tertiary/aromatic N) is 7. The van der Waals surface area contributed by atoms with E-state index in [0.717, 1.165) is 18.7 Å². The highest BCUT2D eigenvalue weighted by atomic mass is 16.6. The number of nitrogens with two attached hydrogens (primary N) is 1. The van der Waals surface area contributed by atoms with Crippen molar-refractivity contribution >= 4 is 23.1 Å². The zero-order valence-electron chi connectivity index (χ0n) is 18.6. The lowest BCUT2D eigenvalue weighted by atomic mass is 10.1. The summed E-state index contributed by atoms with van der Waals surface area (Å²) in [4.78, 5) is 15.2. The van der Waals surface area contributed by atoms with Gasteiger partial charge in [0.25, 0.3) is 5.91 Å². The van der Waals surface area contributed by atoms with Crippen LogP contribution in [-0.4, -0.2) is 53.7 Å². The molecular formula is C22H21N9O4.